The summed E-state index contributed by atoms with van der Waals surface area (Å²) in [5.74, 6) is 0.234. The summed E-state index contributed by atoms with van der Waals surface area (Å²) in [6.45, 7) is 4.63. The van der Waals surface area contributed by atoms with Crippen molar-refractivity contribution in [2.45, 2.75) is 31.9 Å². The van der Waals surface area contributed by atoms with Gasteiger partial charge in [0, 0.05) is 13.6 Å². The topological polar surface area (TPSA) is 37.4 Å². The summed E-state index contributed by atoms with van der Waals surface area (Å²) in [5.41, 5.74) is 0. The molecule has 0 aliphatic carbocycles. The lowest BCUT2D eigenvalue weighted by atomic mass is 10.1. The van der Waals surface area contributed by atoms with E-state index in [1.165, 1.54) is 4.31 Å². The van der Waals surface area contributed by atoms with Gasteiger partial charge in [0.1, 0.15) is 0 Å². The van der Waals surface area contributed by atoms with Gasteiger partial charge in [-0.05, 0) is 18.8 Å². The minimum Gasteiger partial charge on any atom is -0.212 e. The first kappa shape index (κ1) is 9.99. The highest BCUT2D eigenvalue weighted by molar-refractivity contribution is 7.89. The first-order valence-electron chi connectivity index (χ1n) is 4.41. The molecule has 1 atom stereocenters. The summed E-state index contributed by atoms with van der Waals surface area (Å²) in [6, 6.07) is 0. The highest BCUT2D eigenvalue weighted by atomic mass is 32.2. The summed E-state index contributed by atoms with van der Waals surface area (Å²) in [7, 11) is -1.30. The van der Waals surface area contributed by atoms with Crippen LogP contribution in [0, 0.1) is 5.92 Å². The molecule has 1 heterocycles. The van der Waals surface area contributed by atoms with E-state index in [1.54, 1.807) is 7.05 Å². The molecule has 1 saturated heterocycles. The molecule has 1 rings (SSSR count). The zero-order chi connectivity index (χ0) is 9.35. The van der Waals surface area contributed by atoms with Gasteiger partial charge in [0.05, 0.1) is 5.25 Å². The van der Waals surface area contributed by atoms with Crippen molar-refractivity contribution in [2.75, 3.05) is 13.6 Å². The fourth-order valence-electron chi connectivity index (χ4n) is 1.70. The number of hydrogen-bond acceptors (Lipinski definition) is 2. The summed E-state index contributed by atoms with van der Waals surface area (Å²) < 4.78 is 24.8. The van der Waals surface area contributed by atoms with Crippen LogP contribution in [0.3, 0.4) is 0 Å². The minimum absolute atomic E-state index is 0.156. The smallest absolute Gasteiger partial charge is 0.212 e. The zero-order valence-corrected chi connectivity index (χ0v) is 8.76. The number of sulfonamides is 1. The van der Waals surface area contributed by atoms with Crippen LogP contribution in [0.25, 0.3) is 0 Å². The molecule has 72 valence electrons. The van der Waals surface area contributed by atoms with Crippen LogP contribution in [0.1, 0.15) is 26.7 Å². The Balaban J connectivity index is 2.88. The molecule has 0 saturated carbocycles. The van der Waals surface area contributed by atoms with Crippen LogP contribution in [0.4, 0.5) is 0 Å². The maximum Gasteiger partial charge on any atom is 0.216 e. The number of hydrogen-bond donors (Lipinski definition) is 0. The first-order valence-corrected chi connectivity index (χ1v) is 5.91. The van der Waals surface area contributed by atoms with E-state index in [0.29, 0.717) is 6.54 Å². The van der Waals surface area contributed by atoms with Crippen molar-refractivity contribution >= 4 is 10.0 Å². The van der Waals surface area contributed by atoms with Crippen molar-refractivity contribution in [3.63, 3.8) is 0 Å². The second-order valence-corrected chi connectivity index (χ2v) is 6.05. The van der Waals surface area contributed by atoms with Crippen LogP contribution in [-0.4, -0.2) is 31.6 Å². The predicted octanol–water partition coefficient (Wildman–Crippen LogP) is 1.07. The predicted molar refractivity (Wildman–Crippen MR) is 49.4 cm³/mol. The molecule has 0 aromatic rings. The van der Waals surface area contributed by atoms with Gasteiger partial charge in [0.15, 0.2) is 0 Å². The maximum absolute atomic E-state index is 11.7. The molecule has 1 aliphatic heterocycles. The van der Waals surface area contributed by atoms with E-state index in [1.807, 2.05) is 13.8 Å². The average Bonchev–Trinajstić information content (AvgIpc) is 1.94. The van der Waals surface area contributed by atoms with E-state index in [0.717, 1.165) is 12.8 Å². The molecule has 1 unspecified atom stereocenters. The summed E-state index contributed by atoms with van der Waals surface area (Å²) in [6.07, 6.45) is 1.82. The van der Waals surface area contributed by atoms with Gasteiger partial charge in [-0.1, -0.05) is 13.8 Å². The molecule has 0 bridgehead atoms. The summed E-state index contributed by atoms with van der Waals surface area (Å²) in [5, 5.41) is -0.156. The maximum atomic E-state index is 11.7. The van der Waals surface area contributed by atoms with E-state index >= 15 is 0 Å². The highest BCUT2D eigenvalue weighted by Gasteiger charge is 2.34. The van der Waals surface area contributed by atoms with Crippen molar-refractivity contribution in [3.8, 4) is 0 Å². The minimum atomic E-state index is -2.97. The fourth-order valence-corrected chi connectivity index (χ4v) is 3.70. The van der Waals surface area contributed by atoms with Crippen molar-refractivity contribution in [1.29, 1.82) is 0 Å². The van der Waals surface area contributed by atoms with Crippen LogP contribution >= 0.6 is 0 Å². The Bertz CT molecular complexity index is 246. The SMILES string of the molecule is CC(C)C1CCCN(C)S1(=O)=O. The first-order chi connectivity index (χ1) is 5.46. The monoisotopic (exact) mass is 191 g/mol. The molecular formula is C8H17NO2S. The van der Waals surface area contributed by atoms with E-state index in [-0.39, 0.29) is 11.2 Å². The third-order valence-corrected chi connectivity index (χ3v) is 5.12. The molecule has 4 heteroatoms. The molecule has 3 nitrogen and oxygen atoms in total. The Morgan fingerprint density at radius 2 is 2.00 bits per heavy atom. The third kappa shape index (κ3) is 1.64. The van der Waals surface area contributed by atoms with Gasteiger partial charge in [-0.2, -0.15) is 0 Å². The van der Waals surface area contributed by atoms with Crippen LogP contribution < -0.4 is 0 Å². The molecule has 12 heavy (non-hydrogen) atoms. The molecule has 1 fully saturated rings. The van der Waals surface area contributed by atoms with Crippen molar-refractivity contribution in [2.24, 2.45) is 5.92 Å². The van der Waals surface area contributed by atoms with Gasteiger partial charge in [-0.15, -0.1) is 0 Å². The molecular weight excluding hydrogens is 174 g/mol. The summed E-state index contributed by atoms with van der Waals surface area (Å²) >= 11 is 0. The highest BCUT2D eigenvalue weighted by Crippen LogP contribution is 2.25. The Morgan fingerprint density at radius 1 is 1.42 bits per heavy atom. The van der Waals surface area contributed by atoms with Crippen LogP contribution in [-0.2, 0) is 10.0 Å². The van der Waals surface area contributed by atoms with Gasteiger partial charge in [0.25, 0.3) is 0 Å². The Hall–Kier alpha value is -0.0900. The standard InChI is InChI=1S/C8H17NO2S/c1-7(2)8-5-4-6-9(3)12(8,10)11/h7-8H,4-6H2,1-3H3. The average molecular weight is 191 g/mol. The second-order valence-electron chi connectivity index (χ2n) is 3.79. The Morgan fingerprint density at radius 3 is 2.42 bits per heavy atom. The lowest BCUT2D eigenvalue weighted by Crippen LogP contribution is -2.43. The van der Waals surface area contributed by atoms with E-state index in [9.17, 15) is 8.42 Å². The number of rotatable bonds is 1. The summed E-state index contributed by atoms with van der Waals surface area (Å²) in [4.78, 5) is 0. The molecule has 0 aromatic heterocycles. The lowest BCUT2D eigenvalue weighted by molar-refractivity contribution is 0.379. The largest absolute Gasteiger partial charge is 0.216 e. The molecule has 0 aromatic carbocycles. The van der Waals surface area contributed by atoms with E-state index < -0.39 is 10.0 Å². The van der Waals surface area contributed by atoms with Crippen molar-refractivity contribution in [3.05, 3.63) is 0 Å². The van der Waals surface area contributed by atoms with Crippen LogP contribution in [0.15, 0.2) is 0 Å². The van der Waals surface area contributed by atoms with Gasteiger partial charge in [-0.3, -0.25) is 0 Å². The lowest BCUT2D eigenvalue weighted by Gasteiger charge is -2.31. The van der Waals surface area contributed by atoms with Crippen LogP contribution in [0.2, 0.25) is 0 Å². The molecule has 0 radical (unpaired) electrons. The normalized spacial score (nSPS) is 30.8. The molecule has 1 aliphatic rings. The van der Waals surface area contributed by atoms with Gasteiger partial charge < -0.3 is 0 Å². The van der Waals surface area contributed by atoms with E-state index in [2.05, 4.69) is 0 Å². The fraction of sp³-hybridized carbons (Fsp3) is 1.00. The van der Waals surface area contributed by atoms with Gasteiger partial charge >= 0.3 is 0 Å². The van der Waals surface area contributed by atoms with Crippen LogP contribution in [0.5, 0.6) is 0 Å². The quantitative estimate of drug-likeness (QED) is 0.621. The Kier molecular flexibility index (Phi) is 2.78. The number of nitrogens with zero attached hydrogens (tertiary/aromatic N) is 1. The molecule has 0 amide bonds. The van der Waals surface area contributed by atoms with Gasteiger partial charge in [-0.25, -0.2) is 12.7 Å². The second kappa shape index (κ2) is 3.34. The van der Waals surface area contributed by atoms with Crippen molar-refractivity contribution < 1.29 is 8.42 Å². The molecule has 0 spiro atoms. The Labute approximate surface area is 74.8 Å². The van der Waals surface area contributed by atoms with Gasteiger partial charge in [0.2, 0.25) is 10.0 Å². The van der Waals surface area contributed by atoms with E-state index in [4.69, 9.17) is 0 Å². The third-order valence-electron chi connectivity index (χ3n) is 2.52. The zero-order valence-electron chi connectivity index (χ0n) is 7.95. The molecule has 0 N–H and O–H groups in total. The van der Waals surface area contributed by atoms with Crippen molar-refractivity contribution in [1.82, 2.24) is 4.31 Å².